The summed E-state index contributed by atoms with van der Waals surface area (Å²) in [4.78, 5) is 22.6. The van der Waals surface area contributed by atoms with Crippen molar-refractivity contribution in [2.45, 2.75) is 11.3 Å². The van der Waals surface area contributed by atoms with Crippen molar-refractivity contribution in [2.24, 2.45) is 0 Å². The van der Waals surface area contributed by atoms with Crippen LogP contribution in [0, 0.1) is 10.1 Å². The van der Waals surface area contributed by atoms with Crippen molar-refractivity contribution in [3.05, 3.63) is 94.0 Å². The molecule has 0 radical (unpaired) electrons. The second-order valence-electron chi connectivity index (χ2n) is 6.76. The summed E-state index contributed by atoms with van der Waals surface area (Å²) in [6.07, 6.45) is 0.675. The number of amides is 1. The Morgan fingerprint density at radius 1 is 1.03 bits per heavy atom. The van der Waals surface area contributed by atoms with Crippen molar-refractivity contribution in [2.75, 3.05) is 18.4 Å². The third kappa shape index (κ3) is 5.61. The van der Waals surface area contributed by atoms with Crippen LogP contribution in [0.4, 0.5) is 11.4 Å². The number of benzene rings is 3. The van der Waals surface area contributed by atoms with E-state index in [0.29, 0.717) is 18.5 Å². The largest absolute Gasteiger partial charge is 0.495 e. The lowest BCUT2D eigenvalue weighted by Crippen LogP contribution is -2.25. The molecule has 0 atom stereocenters. The van der Waals surface area contributed by atoms with Gasteiger partial charge in [-0.15, -0.1) is 0 Å². The van der Waals surface area contributed by atoms with Crippen LogP contribution in [0.25, 0.3) is 0 Å². The number of nitro benzene ring substituents is 1. The molecule has 3 aromatic rings. The van der Waals surface area contributed by atoms with Gasteiger partial charge >= 0.3 is 0 Å². The van der Waals surface area contributed by atoms with Gasteiger partial charge in [0.2, 0.25) is 0 Å². The van der Waals surface area contributed by atoms with E-state index in [4.69, 9.17) is 4.74 Å². The van der Waals surface area contributed by atoms with E-state index >= 15 is 0 Å². The summed E-state index contributed by atoms with van der Waals surface area (Å²) in [5.74, 6) is -0.188. The van der Waals surface area contributed by atoms with Gasteiger partial charge in [0.15, 0.2) is 0 Å². The lowest BCUT2D eigenvalue weighted by Gasteiger charge is -2.12. The first-order valence-electron chi connectivity index (χ1n) is 9.57. The van der Waals surface area contributed by atoms with Crippen LogP contribution >= 0.6 is 0 Å². The minimum absolute atomic E-state index is 0.0653. The number of non-ortho nitro benzene ring substituents is 1. The van der Waals surface area contributed by atoms with Gasteiger partial charge in [-0.05, 0) is 42.3 Å². The molecule has 0 aliphatic carbocycles. The van der Waals surface area contributed by atoms with Crippen LogP contribution in [0.1, 0.15) is 15.9 Å². The van der Waals surface area contributed by atoms with Crippen LogP contribution in [0.2, 0.25) is 0 Å². The minimum atomic E-state index is -4.07. The molecule has 0 heterocycles. The van der Waals surface area contributed by atoms with Crippen LogP contribution in [-0.2, 0) is 16.4 Å². The maximum absolute atomic E-state index is 12.7. The average molecular weight is 455 g/mol. The van der Waals surface area contributed by atoms with Crippen molar-refractivity contribution in [3.8, 4) is 5.75 Å². The molecule has 0 unspecified atom stereocenters. The topological polar surface area (TPSA) is 128 Å². The number of rotatable bonds is 9. The molecule has 1 amide bonds. The third-order valence-corrected chi connectivity index (χ3v) is 5.99. The summed E-state index contributed by atoms with van der Waals surface area (Å²) in [5.41, 5.74) is 1.05. The molecule has 166 valence electrons. The highest BCUT2D eigenvalue weighted by Gasteiger charge is 2.19. The number of nitro groups is 1. The first-order chi connectivity index (χ1) is 15.3. The fourth-order valence-electron chi connectivity index (χ4n) is 2.95. The number of nitrogens with zero attached hydrogens (tertiary/aromatic N) is 1. The molecule has 0 saturated heterocycles. The quantitative estimate of drug-likeness (QED) is 0.376. The first kappa shape index (κ1) is 22.8. The number of nitrogens with one attached hydrogen (secondary N) is 2. The van der Waals surface area contributed by atoms with Crippen LogP contribution in [0.3, 0.4) is 0 Å². The van der Waals surface area contributed by atoms with E-state index < -0.39 is 14.9 Å². The van der Waals surface area contributed by atoms with E-state index in [1.807, 2.05) is 30.3 Å². The molecular formula is C22H21N3O6S. The minimum Gasteiger partial charge on any atom is -0.495 e. The summed E-state index contributed by atoms with van der Waals surface area (Å²) < 4.78 is 32.8. The normalized spacial score (nSPS) is 10.9. The summed E-state index contributed by atoms with van der Waals surface area (Å²) in [7, 11) is -2.74. The molecule has 9 nitrogen and oxygen atoms in total. The van der Waals surface area contributed by atoms with Crippen molar-refractivity contribution < 1.29 is 22.9 Å². The van der Waals surface area contributed by atoms with Crippen molar-refractivity contribution in [1.29, 1.82) is 0 Å². The van der Waals surface area contributed by atoms with E-state index in [1.54, 1.807) is 0 Å². The molecule has 3 aromatic carbocycles. The Bertz CT molecular complexity index is 1210. The molecule has 0 spiro atoms. The highest BCUT2D eigenvalue weighted by Crippen LogP contribution is 2.30. The summed E-state index contributed by atoms with van der Waals surface area (Å²) in [6.45, 7) is 0.442. The van der Waals surface area contributed by atoms with Crippen molar-refractivity contribution in [1.82, 2.24) is 5.32 Å². The van der Waals surface area contributed by atoms with Crippen molar-refractivity contribution in [3.63, 3.8) is 0 Å². The van der Waals surface area contributed by atoms with Gasteiger partial charge in [0.05, 0.1) is 22.6 Å². The molecule has 3 rings (SSSR count). The van der Waals surface area contributed by atoms with Gasteiger partial charge in [-0.25, -0.2) is 8.42 Å². The number of methoxy groups -OCH3 is 1. The molecule has 32 heavy (non-hydrogen) atoms. The fraction of sp³-hybridized carbons (Fsp3) is 0.136. The maximum Gasteiger partial charge on any atom is 0.271 e. The molecule has 0 aliphatic rings. The first-order valence-corrected chi connectivity index (χ1v) is 11.1. The molecule has 2 N–H and O–H groups in total. The van der Waals surface area contributed by atoms with Crippen LogP contribution in [0.15, 0.2) is 77.7 Å². The van der Waals surface area contributed by atoms with E-state index in [0.717, 1.165) is 11.6 Å². The number of ether oxygens (including phenoxy) is 1. The summed E-state index contributed by atoms with van der Waals surface area (Å²) in [5, 5.41) is 13.8. The maximum atomic E-state index is 12.7. The zero-order chi connectivity index (χ0) is 23.1. The third-order valence-electron chi connectivity index (χ3n) is 4.61. The number of hydrogen-bond donors (Lipinski definition) is 2. The van der Waals surface area contributed by atoms with Gasteiger partial charge < -0.3 is 10.1 Å². The van der Waals surface area contributed by atoms with Crippen LogP contribution < -0.4 is 14.8 Å². The lowest BCUT2D eigenvalue weighted by atomic mass is 10.1. The second-order valence-corrected chi connectivity index (χ2v) is 8.45. The predicted molar refractivity (Wildman–Crippen MR) is 119 cm³/mol. The number of sulfonamides is 1. The van der Waals surface area contributed by atoms with E-state index in [2.05, 4.69) is 10.0 Å². The molecule has 0 aromatic heterocycles. The average Bonchev–Trinajstić information content (AvgIpc) is 2.79. The van der Waals surface area contributed by atoms with Crippen LogP contribution in [-0.4, -0.2) is 32.9 Å². The molecule has 0 bridgehead atoms. The molecular weight excluding hydrogens is 434 g/mol. The van der Waals surface area contributed by atoms with Gasteiger partial charge in [0.1, 0.15) is 5.75 Å². The van der Waals surface area contributed by atoms with Gasteiger partial charge in [0.25, 0.3) is 21.6 Å². The molecule has 0 aliphatic heterocycles. The smallest absolute Gasteiger partial charge is 0.271 e. The fourth-order valence-corrected chi connectivity index (χ4v) is 4.01. The number of anilines is 1. The lowest BCUT2D eigenvalue weighted by molar-refractivity contribution is -0.384. The van der Waals surface area contributed by atoms with Gasteiger partial charge in [0, 0.05) is 24.2 Å². The predicted octanol–water partition coefficient (Wildman–Crippen LogP) is 3.38. The summed E-state index contributed by atoms with van der Waals surface area (Å²) >= 11 is 0. The molecule has 10 heteroatoms. The Balaban J connectivity index is 1.69. The van der Waals surface area contributed by atoms with E-state index in [1.165, 1.54) is 43.5 Å². The zero-order valence-electron chi connectivity index (χ0n) is 17.1. The van der Waals surface area contributed by atoms with Crippen LogP contribution in [0.5, 0.6) is 5.75 Å². The van der Waals surface area contributed by atoms with E-state index in [9.17, 15) is 23.3 Å². The highest BCUT2D eigenvalue weighted by atomic mass is 32.2. The van der Waals surface area contributed by atoms with Gasteiger partial charge in [-0.1, -0.05) is 30.3 Å². The van der Waals surface area contributed by atoms with E-state index in [-0.39, 0.29) is 27.9 Å². The second kappa shape index (κ2) is 9.92. The zero-order valence-corrected chi connectivity index (χ0v) is 18.0. The Morgan fingerprint density at radius 3 is 2.34 bits per heavy atom. The Morgan fingerprint density at radius 2 is 1.72 bits per heavy atom. The van der Waals surface area contributed by atoms with Crippen molar-refractivity contribution >= 4 is 27.3 Å². The number of carbonyl (C=O) groups excluding carboxylic acids is 1. The summed E-state index contributed by atoms with van der Waals surface area (Å²) in [6, 6.07) is 18.7. The Hall–Kier alpha value is -3.92. The number of hydrogen-bond acceptors (Lipinski definition) is 6. The molecule has 0 fully saturated rings. The highest BCUT2D eigenvalue weighted by molar-refractivity contribution is 7.92. The standard InChI is InChI=1S/C22H21N3O6S/c1-31-21-12-9-18(25(27)28)15-20(21)24-32(29,30)19-10-7-17(8-11-19)22(26)23-14-13-16-5-3-2-4-6-16/h2-12,15,24H,13-14H2,1H3,(H,23,26). The number of carbonyl (C=O) groups is 1. The Labute approximate surface area is 185 Å². The van der Waals surface area contributed by atoms with Gasteiger partial charge in [-0.3, -0.25) is 19.6 Å². The Kier molecular flexibility index (Phi) is 7.06. The monoisotopic (exact) mass is 455 g/mol. The van der Waals surface area contributed by atoms with Gasteiger partial charge in [-0.2, -0.15) is 0 Å². The molecule has 0 saturated carbocycles. The SMILES string of the molecule is COc1ccc([N+](=O)[O-])cc1NS(=O)(=O)c1ccc(C(=O)NCCc2ccccc2)cc1.